The Morgan fingerprint density at radius 1 is 1.58 bits per heavy atom. The summed E-state index contributed by atoms with van der Waals surface area (Å²) in [5.41, 5.74) is 0. The molecule has 0 atom stereocenters. The predicted octanol–water partition coefficient (Wildman–Crippen LogP) is 1.42. The van der Waals surface area contributed by atoms with Gasteiger partial charge in [-0.1, -0.05) is 10.8 Å². The number of sulfone groups is 1. The highest BCUT2D eigenvalue weighted by Gasteiger charge is 2.08. The van der Waals surface area contributed by atoms with Crippen LogP contribution in [0.3, 0.4) is 0 Å². The molecular weight excluding hydrogens is 214 g/mol. The highest BCUT2D eigenvalue weighted by atomic mass is 33.1. The summed E-state index contributed by atoms with van der Waals surface area (Å²) in [5.74, 6) is 0. The zero-order valence-corrected chi connectivity index (χ0v) is 8.79. The van der Waals surface area contributed by atoms with Crippen LogP contribution in [0.5, 0.6) is 0 Å². The van der Waals surface area contributed by atoms with E-state index in [0.29, 0.717) is 0 Å². The lowest BCUT2D eigenvalue weighted by molar-refractivity contribution is 0.598. The van der Waals surface area contributed by atoms with E-state index in [2.05, 4.69) is 16.6 Å². The lowest BCUT2D eigenvalue weighted by Gasteiger charge is -1.98. The van der Waals surface area contributed by atoms with E-state index in [9.17, 15) is 8.42 Å². The van der Waals surface area contributed by atoms with Crippen LogP contribution in [-0.2, 0) is 9.84 Å². The van der Waals surface area contributed by atoms with Crippen molar-refractivity contribution >= 4 is 32.3 Å². The van der Waals surface area contributed by atoms with Crippen molar-refractivity contribution in [1.29, 1.82) is 0 Å². The first kappa shape index (κ1) is 9.88. The molecule has 0 amide bonds. The number of hydrogen-bond donors (Lipinski definition) is 1. The van der Waals surface area contributed by atoms with E-state index in [1.807, 2.05) is 0 Å². The molecule has 0 N–H and O–H groups in total. The third kappa shape index (κ3) is 2.40. The van der Waals surface area contributed by atoms with Gasteiger partial charge in [-0.05, 0) is 12.1 Å². The maximum atomic E-state index is 11.0. The molecule has 0 saturated heterocycles. The minimum atomic E-state index is -3.19. The van der Waals surface area contributed by atoms with E-state index < -0.39 is 9.84 Å². The van der Waals surface area contributed by atoms with Gasteiger partial charge in [0.25, 0.3) is 0 Å². The Labute approximate surface area is 80.3 Å². The first-order valence-electron chi connectivity index (χ1n) is 3.01. The monoisotopic (exact) mass is 221 g/mol. The second-order valence-electron chi connectivity index (χ2n) is 2.19. The van der Waals surface area contributed by atoms with Gasteiger partial charge < -0.3 is 0 Å². The van der Waals surface area contributed by atoms with Crippen LogP contribution in [0.15, 0.2) is 28.3 Å². The third-order valence-electron chi connectivity index (χ3n) is 1.19. The van der Waals surface area contributed by atoms with E-state index in [1.54, 1.807) is 6.07 Å². The van der Waals surface area contributed by atoms with E-state index >= 15 is 0 Å². The molecule has 0 bridgehead atoms. The number of nitrogens with zero attached hydrogens (tertiary/aromatic N) is 1. The summed E-state index contributed by atoms with van der Waals surface area (Å²) in [6.07, 6.45) is 2.58. The van der Waals surface area contributed by atoms with Crippen molar-refractivity contribution in [2.75, 3.05) is 6.26 Å². The van der Waals surface area contributed by atoms with Crippen LogP contribution < -0.4 is 0 Å². The zero-order valence-electron chi connectivity index (χ0n) is 6.26. The first-order chi connectivity index (χ1) is 5.54. The quantitative estimate of drug-likeness (QED) is 0.606. The third-order valence-corrected chi connectivity index (χ3v) is 3.27. The van der Waals surface area contributed by atoms with Crippen molar-refractivity contribution in [2.24, 2.45) is 0 Å². The van der Waals surface area contributed by atoms with Crippen molar-refractivity contribution in [2.45, 2.75) is 9.92 Å². The highest BCUT2D eigenvalue weighted by molar-refractivity contribution is 8.68. The van der Waals surface area contributed by atoms with Crippen molar-refractivity contribution in [1.82, 2.24) is 4.98 Å². The molecular formula is C6H7NO2S3. The minimum Gasteiger partial charge on any atom is -0.245 e. The molecule has 1 rings (SSSR count). The Morgan fingerprint density at radius 2 is 2.25 bits per heavy atom. The van der Waals surface area contributed by atoms with Crippen molar-refractivity contribution in [3.8, 4) is 0 Å². The smallest absolute Gasteiger partial charge is 0.192 e. The molecule has 0 radical (unpaired) electrons. The van der Waals surface area contributed by atoms with Crippen LogP contribution in [0.1, 0.15) is 0 Å². The Kier molecular flexibility index (Phi) is 3.03. The van der Waals surface area contributed by atoms with E-state index in [1.165, 1.54) is 23.1 Å². The van der Waals surface area contributed by atoms with Gasteiger partial charge in [-0.2, -0.15) is 0 Å². The predicted molar refractivity (Wildman–Crippen MR) is 52.2 cm³/mol. The maximum Gasteiger partial charge on any atom is 0.192 e. The minimum absolute atomic E-state index is 0.0848. The standard InChI is InChI=1S/C6H7NO2S3/c1-12(8,9)6-4-5(11-10)2-3-7-6/h2-4,10H,1H3. The number of thiol groups is 1. The summed E-state index contributed by atoms with van der Waals surface area (Å²) in [7, 11) is -2.00. The Bertz CT molecular complexity index is 374. The lowest BCUT2D eigenvalue weighted by Crippen LogP contribution is -1.99. The lowest BCUT2D eigenvalue weighted by atomic mass is 10.5. The fraction of sp³-hybridized carbons (Fsp3) is 0.167. The van der Waals surface area contributed by atoms with Gasteiger partial charge in [0.2, 0.25) is 0 Å². The van der Waals surface area contributed by atoms with Crippen LogP contribution in [-0.4, -0.2) is 19.7 Å². The molecule has 0 aliphatic carbocycles. The molecule has 0 saturated carbocycles. The molecule has 0 unspecified atom stereocenters. The van der Waals surface area contributed by atoms with Crippen LogP contribution in [0.4, 0.5) is 0 Å². The van der Waals surface area contributed by atoms with Gasteiger partial charge in [0.15, 0.2) is 14.9 Å². The molecule has 0 aliphatic heterocycles. The van der Waals surface area contributed by atoms with Gasteiger partial charge in [-0.15, -0.1) is 11.7 Å². The van der Waals surface area contributed by atoms with E-state index in [4.69, 9.17) is 0 Å². The normalized spacial score (nSPS) is 11.5. The van der Waals surface area contributed by atoms with Gasteiger partial charge in [-0.25, -0.2) is 13.4 Å². The summed E-state index contributed by atoms with van der Waals surface area (Å²) in [6.45, 7) is 0. The SMILES string of the molecule is CS(=O)(=O)c1cc(SS)ccn1. The molecule has 0 aliphatic rings. The molecule has 0 fully saturated rings. The fourth-order valence-corrected chi connectivity index (χ4v) is 1.95. The summed E-state index contributed by atoms with van der Waals surface area (Å²) >= 11 is 3.95. The Morgan fingerprint density at radius 3 is 2.75 bits per heavy atom. The number of hydrogen-bond acceptors (Lipinski definition) is 5. The molecule has 66 valence electrons. The number of pyridine rings is 1. The highest BCUT2D eigenvalue weighted by Crippen LogP contribution is 2.22. The van der Waals surface area contributed by atoms with Gasteiger partial charge >= 0.3 is 0 Å². The van der Waals surface area contributed by atoms with Crippen LogP contribution in [0, 0.1) is 0 Å². The van der Waals surface area contributed by atoms with E-state index in [-0.39, 0.29) is 5.03 Å². The average molecular weight is 221 g/mol. The van der Waals surface area contributed by atoms with Crippen molar-refractivity contribution in [3.63, 3.8) is 0 Å². The van der Waals surface area contributed by atoms with Crippen LogP contribution in [0.2, 0.25) is 0 Å². The van der Waals surface area contributed by atoms with Crippen molar-refractivity contribution in [3.05, 3.63) is 18.3 Å². The molecule has 0 aromatic carbocycles. The molecule has 6 heteroatoms. The van der Waals surface area contributed by atoms with Gasteiger partial charge in [0.1, 0.15) is 0 Å². The molecule has 1 aromatic heterocycles. The maximum absolute atomic E-state index is 11.0. The molecule has 12 heavy (non-hydrogen) atoms. The summed E-state index contributed by atoms with van der Waals surface area (Å²) in [4.78, 5) is 4.50. The van der Waals surface area contributed by atoms with Gasteiger partial charge in [0.05, 0.1) is 0 Å². The number of aromatic nitrogens is 1. The second kappa shape index (κ2) is 3.68. The van der Waals surface area contributed by atoms with Gasteiger partial charge in [0, 0.05) is 17.3 Å². The summed E-state index contributed by atoms with van der Waals surface area (Å²) in [5, 5.41) is 0.0848. The fourth-order valence-electron chi connectivity index (χ4n) is 0.651. The van der Waals surface area contributed by atoms with E-state index in [0.717, 1.165) is 11.2 Å². The Hall–Kier alpha value is -0.200. The Balaban J connectivity index is 3.20. The van der Waals surface area contributed by atoms with Crippen LogP contribution >= 0.6 is 22.5 Å². The van der Waals surface area contributed by atoms with Crippen molar-refractivity contribution < 1.29 is 8.42 Å². The molecule has 0 spiro atoms. The molecule has 3 nitrogen and oxygen atoms in total. The largest absolute Gasteiger partial charge is 0.245 e. The molecule has 1 heterocycles. The number of rotatable bonds is 2. The van der Waals surface area contributed by atoms with Gasteiger partial charge in [-0.3, -0.25) is 0 Å². The zero-order chi connectivity index (χ0) is 9.19. The summed E-state index contributed by atoms with van der Waals surface area (Å²) < 4.78 is 22.0. The first-order valence-corrected chi connectivity index (χ1v) is 6.77. The summed E-state index contributed by atoms with van der Waals surface area (Å²) in [6, 6.07) is 3.19. The molecule has 1 aromatic rings. The topological polar surface area (TPSA) is 47.0 Å². The second-order valence-corrected chi connectivity index (χ2v) is 5.36. The van der Waals surface area contributed by atoms with Crippen LogP contribution in [0.25, 0.3) is 0 Å². The average Bonchev–Trinajstić information content (AvgIpc) is 2.03.